The molecule has 6 rings (SSSR count). The van der Waals surface area contributed by atoms with Gasteiger partial charge < -0.3 is 35.4 Å². The van der Waals surface area contributed by atoms with E-state index in [4.69, 9.17) is 11.6 Å². The molecule has 1 unspecified atom stereocenters. The number of nitrogens with zero attached hydrogens (tertiary/aromatic N) is 3. The summed E-state index contributed by atoms with van der Waals surface area (Å²) < 4.78 is 0. The number of H-pyrrole nitrogens is 1. The van der Waals surface area contributed by atoms with Crippen LogP contribution in [-0.2, 0) is 4.79 Å². The highest BCUT2D eigenvalue weighted by molar-refractivity contribution is 6.19. The minimum Gasteiger partial charge on any atom is -0.507 e. The number of aromatic hydroxyl groups is 1. The molecule has 0 aliphatic carbocycles. The first-order chi connectivity index (χ1) is 21.7. The quantitative estimate of drug-likeness (QED) is 0.157. The number of aromatic amines is 1. The Hall–Kier alpha value is -4.12. The Morgan fingerprint density at radius 3 is 2.51 bits per heavy atom. The average molecular weight is 631 g/mol. The van der Waals surface area contributed by atoms with Crippen LogP contribution in [0.5, 0.6) is 5.75 Å². The summed E-state index contributed by atoms with van der Waals surface area (Å²) >= 11 is 6.45. The van der Waals surface area contributed by atoms with Crippen LogP contribution in [0.25, 0.3) is 21.7 Å². The van der Waals surface area contributed by atoms with Crippen LogP contribution in [0.3, 0.4) is 0 Å². The van der Waals surface area contributed by atoms with E-state index in [0.717, 1.165) is 62.2 Å². The van der Waals surface area contributed by atoms with Crippen LogP contribution in [0, 0.1) is 0 Å². The largest absolute Gasteiger partial charge is 0.507 e. The van der Waals surface area contributed by atoms with Crippen LogP contribution in [-0.4, -0.2) is 95.8 Å². The molecule has 3 amide bonds. The molecular formula is C34H39ClN6O4. The Labute approximate surface area is 267 Å². The molecule has 3 heterocycles. The molecular weight excluding hydrogens is 592 g/mol. The van der Waals surface area contributed by atoms with E-state index in [9.17, 15) is 19.5 Å². The second-order valence-corrected chi connectivity index (χ2v) is 12.2. The van der Waals surface area contributed by atoms with Crippen LogP contribution < -0.4 is 15.5 Å². The van der Waals surface area contributed by atoms with Crippen molar-refractivity contribution >= 4 is 62.4 Å². The van der Waals surface area contributed by atoms with Crippen molar-refractivity contribution in [2.24, 2.45) is 0 Å². The number of aromatic nitrogens is 1. The van der Waals surface area contributed by atoms with Gasteiger partial charge in [-0.15, -0.1) is 11.6 Å². The summed E-state index contributed by atoms with van der Waals surface area (Å²) in [7, 11) is 0. The number of rotatable bonds is 9. The number of anilines is 2. The first-order valence-corrected chi connectivity index (χ1v) is 16.1. The van der Waals surface area contributed by atoms with Gasteiger partial charge in [0.25, 0.3) is 11.8 Å². The van der Waals surface area contributed by atoms with Gasteiger partial charge in [-0.2, -0.15) is 0 Å². The lowest BCUT2D eigenvalue weighted by molar-refractivity contribution is -0.114. The summed E-state index contributed by atoms with van der Waals surface area (Å²) in [5.41, 5.74) is 3.70. The van der Waals surface area contributed by atoms with Gasteiger partial charge in [0.1, 0.15) is 11.4 Å². The number of hydrogen-bond acceptors (Lipinski definition) is 6. The molecule has 1 aromatic heterocycles. The zero-order valence-electron chi connectivity index (χ0n) is 25.7. The maximum Gasteiger partial charge on any atom is 0.274 e. The summed E-state index contributed by atoms with van der Waals surface area (Å²) in [5.74, 6) is -0.489. The fourth-order valence-electron chi connectivity index (χ4n) is 6.55. The first-order valence-electron chi connectivity index (χ1n) is 15.6. The molecule has 0 radical (unpaired) electrons. The van der Waals surface area contributed by atoms with Gasteiger partial charge in [-0.05, 0) is 72.9 Å². The molecule has 10 nitrogen and oxygen atoms in total. The van der Waals surface area contributed by atoms with Gasteiger partial charge in [0.05, 0.1) is 5.69 Å². The van der Waals surface area contributed by atoms with E-state index in [-0.39, 0.29) is 35.3 Å². The minimum absolute atomic E-state index is 0.0310. The predicted molar refractivity (Wildman–Crippen MR) is 179 cm³/mol. The average Bonchev–Trinajstić information content (AvgIpc) is 3.64. The van der Waals surface area contributed by atoms with E-state index in [1.165, 1.54) is 6.92 Å². The third kappa shape index (κ3) is 6.36. The van der Waals surface area contributed by atoms with Gasteiger partial charge >= 0.3 is 0 Å². The van der Waals surface area contributed by atoms with Crippen LogP contribution in [0.1, 0.15) is 52.6 Å². The van der Waals surface area contributed by atoms with Gasteiger partial charge in [0.2, 0.25) is 5.91 Å². The summed E-state index contributed by atoms with van der Waals surface area (Å²) in [6.07, 6.45) is 0.870. The van der Waals surface area contributed by atoms with Crippen molar-refractivity contribution in [3.8, 4) is 5.75 Å². The van der Waals surface area contributed by atoms with Gasteiger partial charge in [-0.3, -0.25) is 14.4 Å². The molecule has 1 fully saturated rings. The van der Waals surface area contributed by atoms with Crippen molar-refractivity contribution in [3.05, 3.63) is 65.4 Å². The normalized spacial score (nSPS) is 17.1. The minimum atomic E-state index is -0.259. The Morgan fingerprint density at radius 2 is 1.78 bits per heavy atom. The van der Waals surface area contributed by atoms with Crippen LogP contribution in [0.2, 0.25) is 0 Å². The number of alkyl halides is 1. The standard InChI is InChI=1S/C34H39ClN6O4/c1-3-39-11-13-40(14-12-39)10-4-9-36-33(44)22-5-7-26-27(16-22)32-24(19-35)20-41(30(32)18-31(26)43)34(45)29-17-23-15-25(37-21(2)42)6-8-28(23)38-29/h5-8,15-18,24,38,43H,3-4,9-14,19-20H2,1-2H3,(H,36,44)(H,37,42). The number of phenols is 1. The third-order valence-electron chi connectivity index (χ3n) is 8.95. The lowest BCUT2D eigenvalue weighted by Gasteiger charge is -2.33. The van der Waals surface area contributed by atoms with Gasteiger partial charge in [-0.1, -0.05) is 6.92 Å². The highest BCUT2D eigenvalue weighted by Gasteiger charge is 2.35. The van der Waals surface area contributed by atoms with E-state index < -0.39 is 0 Å². The summed E-state index contributed by atoms with van der Waals surface area (Å²) in [6, 6.07) is 14.0. The number of likely N-dealkylation sites (N-methyl/N-ethyl adjacent to an activating group) is 1. The number of amides is 3. The number of piperazine rings is 1. The molecule has 236 valence electrons. The van der Waals surface area contributed by atoms with Crippen molar-refractivity contribution in [3.63, 3.8) is 0 Å². The van der Waals surface area contributed by atoms with Crippen molar-refractivity contribution < 1.29 is 19.5 Å². The number of benzene rings is 3. The van der Waals surface area contributed by atoms with E-state index >= 15 is 0 Å². The molecule has 4 aromatic rings. The molecule has 0 saturated carbocycles. The summed E-state index contributed by atoms with van der Waals surface area (Å²) in [4.78, 5) is 48.2. The fraction of sp³-hybridized carbons (Fsp3) is 0.382. The van der Waals surface area contributed by atoms with Crippen molar-refractivity contribution in [2.45, 2.75) is 26.2 Å². The Balaban J connectivity index is 1.21. The molecule has 3 aromatic carbocycles. The van der Waals surface area contributed by atoms with E-state index in [0.29, 0.717) is 46.5 Å². The zero-order valence-corrected chi connectivity index (χ0v) is 26.4. The molecule has 2 aliphatic heterocycles. The van der Waals surface area contributed by atoms with Crippen LogP contribution >= 0.6 is 11.6 Å². The topological polar surface area (TPSA) is 121 Å². The summed E-state index contributed by atoms with van der Waals surface area (Å²) in [6.45, 7) is 10.9. The van der Waals surface area contributed by atoms with Crippen molar-refractivity contribution in [1.29, 1.82) is 0 Å². The van der Waals surface area contributed by atoms with Gasteiger partial charge in [0, 0.05) is 91.6 Å². The molecule has 1 atom stereocenters. The maximum atomic E-state index is 13.8. The third-order valence-corrected chi connectivity index (χ3v) is 9.32. The molecule has 11 heteroatoms. The van der Waals surface area contributed by atoms with E-state index in [1.54, 1.807) is 41.3 Å². The van der Waals surface area contributed by atoms with Crippen molar-refractivity contribution in [1.82, 2.24) is 20.1 Å². The lowest BCUT2D eigenvalue weighted by atomic mass is 9.94. The number of carbonyl (C=O) groups is 3. The lowest BCUT2D eigenvalue weighted by Crippen LogP contribution is -2.46. The Kier molecular flexibility index (Phi) is 8.98. The molecule has 4 N–H and O–H groups in total. The predicted octanol–water partition coefficient (Wildman–Crippen LogP) is 4.73. The molecule has 45 heavy (non-hydrogen) atoms. The zero-order chi connectivity index (χ0) is 31.7. The highest BCUT2D eigenvalue weighted by Crippen LogP contribution is 2.46. The first kappa shape index (κ1) is 30.9. The monoisotopic (exact) mass is 630 g/mol. The number of halogens is 1. The SMILES string of the molecule is CCN1CCN(CCCNC(=O)c2ccc3c(O)cc4c(c3c2)C(CCl)CN4C(=O)c2cc3cc(NC(C)=O)ccc3[nH]2)CC1. The molecule has 0 bridgehead atoms. The molecule has 1 saturated heterocycles. The number of phenolic OH excluding ortho intramolecular Hbond substituents is 1. The van der Waals surface area contributed by atoms with Crippen LogP contribution in [0.4, 0.5) is 11.4 Å². The van der Waals surface area contributed by atoms with E-state index in [2.05, 4.69) is 32.3 Å². The van der Waals surface area contributed by atoms with E-state index in [1.807, 2.05) is 12.1 Å². The Morgan fingerprint density at radius 1 is 1.00 bits per heavy atom. The number of fused-ring (bicyclic) bond motifs is 4. The van der Waals surface area contributed by atoms with Gasteiger partial charge in [-0.25, -0.2) is 0 Å². The molecule has 0 spiro atoms. The van der Waals surface area contributed by atoms with Gasteiger partial charge in [0.15, 0.2) is 0 Å². The maximum absolute atomic E-state index is 13.8. The number of nitrogens with one attached hydrogen (secondary N) is 3. The second kappa shape index (κ2) is 13.1. The Bertz CT molecular complexity index is 1760. The van der Waals surface area contributed by atoms with Crippen LogP contribution in [0.15, 0.2) is 48.5 Å². The molecule has 2 aliphatic rings. The summed E-state index contributed by atoms with van der Waals surface area (Å²) in [5, 5.41) is 18.9. The smallest absolute Gasteiger partial charge is 0.274 e. The highest BCUT2D eigenvalue weighted by atomic mass is 35.5. The number of hydrogen-bond donors (Lipinski definition) is 4. The fourth-order valence-corrected chi connectivity index (χ4v) is 6.80. The van der Waals surface area contributed by atoms with Crippen molar-refractivity contribution in [2.75, 3.05) is 68.5 Å². The second-order valence-electron chi connectivity index (χ2n) is 11.9. The number of carbonyl (C=O) groups excluding carboxylic acids is 3.